The average molecular weight is 488 g/mol. The molecule has 3 aromatic heterocycles. The summed E-state index contributed by atoms with van der Waals surface area (Å²) < 4.78 is 17.0. The Hall–Kier alpha value is -4.47. The highest BCUT2D eigenvalue weighted by Crippen LogP contribution is 2.33. The molecule has 1 fully saturated rings. The number of fused-ring (bicyclic) bond motifs is 1. The Morgan fingerprint density at radius 1 is 1.11 bits per heavy atom. The summed E-state index contributed by atoms with van der Waals surface area (Å²) in [6.07, 6.45) is 6.29. The summed E-state index contributed by atoms with van der Waals surface area (Å²) in [5.41, 5.74) is 13.2. The third-order valence-electron chi connectivity index (χ3n) is 6.25. The molecule has 0 unspecified atom stereocenters. The molecule has 1 aromatic carbocycles. The molecule has 2 amide bonds. The van der Waals surface area contributed by atoms with Crippen molar-refractivity contribution in [1.29, 1.82) is 0 Å². The second kappa shape index (κ2) is 9.65. The lowest BCUT2D eigenvalue weighted by Gasteiger charge is -2.18. The number of benzene rings is 1. The highest BCUT2D eigenvalue weighted by atomic mass is 19.1. The number of nitrogens with two attached hydrogens (primary N) is 2. The fourth-order valence-corrected chi connectivity index (χ4v) is 4.16. The molecular formula is C26H26FN7O2. The molecule has 184 valence electrons. The Kier molecular flexibility index (Phi) is 6.24. The van der Waals surface area contributed by atoms with Gasteiger partial charge in [0.15, 0.2) is 11.6 Å². The highest BCUT2D eigenvalue weighted by molar-refractivity contribution is 6.00. The summed E-state index contributed by atoms with van der Waals surface area (Å²) in [5.74, 6) is -1.84. The zero-order valence-electron chi connectivity index (χ0n) is 19.4. The van der Waals surface area contributed by atoms with Crippen LogP contribution in [0, 0.1) is 11.7 Å². The van der Waals surface area contributed by atoms with Gasteiger partial charge in [-0.3, -0.25) is 9.59 Å². The Morgan fingerprint density at radius 3 is 2.58 bits per heavy atom. The van der Waals surface area contributed by atoms with Gasteiger partial charge in [-0.2, -0.15) is 0 Å². The first kappa shape index (κ1) is 23.3. The number of halogens is 1. The molecule has 10 heteroatoms. The largest absolute Gasteiger partial charge is 0.368 e. The van der Waals surface area contributed by atoms with Gasteiger partial charge in [-0.15, -0.1) is 0 Å². The molecule has 1 aliphatic carbocycles. The van der Waals surface area contributed by atoms with Gasteiger partial charge in [0.05, 0.1) is 11.3 Å². The van der Waals surface area contributed by atoms with Crippen molar-refractivity contribution in [3.05, 3.63) is 77.9 Å². The van der Waals surface area contributed by atoms with Gasteiger partial charge in [0, 0.05) is 30.7 Å². The van der Waals surface area contributed by atoms with E-state index in [9.17, 15) is 14.0 Å². The summed E-state index contributed by atoms with van der Waals surface area (Å²) in [6.45, 7) is 0.894. The normalized spacial score (nSPS) is 13.9. The Balaban J connectivity index is 1.47. The van der Waals surface area contributed by atoms with Crippen LogP contribution in [0.4, 0.5) is 21.7 Å². The van der Waals surface area contributed by atoms with E-state index in [0.29, 0.717) is 11.6 Å². The molecule has 1 aliphatic rings. The van der Waals surface area contributed by atoms with E-state index >= 15 is 0 Å². The number of carbonyl (C=O) groups is 2. The van der Waals surface area contributed by atoms with Crippen LogP contribution in [-0.4, -0.2) is 32.4 Å². The number of hydrogen-bond acceptors (Lipinski definition) is 6. The summed E-state index contributed by atoms with van der Waals surface area (Å²) in [6, 6.07) is 13.0. The molecule has 5 rings (SSSR count). The summed E-state index contributed by atoms with van der Waals surface area (Å²) in [5, 5.41) is 6.73. The number of nitrogens with zero attached hydrogens (tertiary/aromatic N) is 3. The number of amides is 2. The van der Waals surface area contributed by atoms with Gasteiger partial charge in [0.2, 0.25) is 5.91 Å². The van der Waals surface area contributed by atoms with Crippen LogP contribution < -0.4 is 22.1 Å². The number of anilines is 3. The van der Waals surface area contributed by atoms with Crippen molar-refractivity contribution < 1.29 is 14.0 Å². The third kappa shape index (κ3) is 4.97. The van der Waals surface area contributed by atoms with Crippen LogP contribution in [0.2, 0.25) is 0 Å². The van der Waals surface area contributed by atoms with Gasteiger partial charge in [0.1, 0.15) is 17.5 Å². The fourth-order valence-electron chi connectivity index (χ4n) is 4.16. The van der Waals surface area contributed by atoms with Crippen LogP contribution in [0.15, 0.2) is 60.9 Å². The molecular weight excluding hydrogens is 461 g/mol. The lowest BCUT2D eigenvalue weighted by atomic mass is 10.1. The molecule has 0 bridgehead atoms. The third-order valence-corrected chi connectivity index (χ3v) is 6.25. The monoisotopic (exact) mass is 487 g/mol. The molecule has 1 saturated carbocycles. The molecule has 36 heavy (non-hydrogen) atoms. The SMILES string of the molecule is NC(=O)c1cc(F)c(N[C@H](Cc2ccccc2)C(N)=O)nc1Nc1ccnc2c1ccn2CC1CC1. The second-order valence-electron chi connectivity index (χ2n) is 9.00. The van der Waals surface area contributed by atoms with Crippen LogP contribution in [0.5, 0.6) is 0 Å². The number of aromatic nitrogens is 3. The lowest BCUT2D eigenvalue weighted by Crippen LogP contribution is -2.38. The fraction of sp³-hybridized carbons (Fsp3) is 0.231. The van der Waals surface area contributed by atoms with E-state index in [4.69, 9.17) is 11.5 Å². The quantitative estimate of drug-likeness (QED) is 0.270. The number of primary amides is 2. The summed E-state index contributed by atoms with van der Waals surface area (Å²) in [4.78, 5) is 33.0. The van der Waals surface area contributed by atoms with Crippen molar-refractivity contribution >= 4 is 40.2 Å². The minimum atomic E-state index is -0.925. The van der Waals surface area contributed by atoms with E-state index in [0.717, 1.165) is 29.2 Å². The first-order valence-electron chi connectivity index (χ1n) is 11.7. The molecule has 0 radical (unpaired) electrons. The van der Waals surface area contributed by atoms with E-state index in [-0.39, 0.29) is 23.6 Å². The van der Waals surface area contributed by atoms with Crippen LogP contribution >= 0.6 is 0 Å². The van der Waals surface area contributed by atoms with E-state index in [1.165, 1.54) is 12.8 Å². The Bertz CT molecular complexity index is 1430. The highest BCUT2D eigenvalue weighted by Gasteiger charge is 2.24. The van der Waals surface area contributed by atoms with Crippen molar-refractivity contribution in [3.8, 4) is 0 Å². The zero-order chi connectivity index (χ0) is 25.2. The molecule has 0 aliphatic heterocycles. The molecule has 6 N–H and O–H groups in total. The summed E-state index contributed by atoms with van der Waals surface area (Å²) in [7, 11) is 0. The molecule has 1 atom stereocenters. The molecule has 4 aromatic rings. The second-order valence-corrected chi connectivity index (χ2v) is 9.00. The van der Waals surface area contributed by atoms with Crippen LogP contribution in [0.1, 0.15) is 28.8 Å². The maximum absolute atomic E-state index is 14.9. The first-order chi connectivity index (χ1) is 17.4. The van der Waals surface area contributed by atoms with Gasteiger partial charge >= 0.3 is 0 Å². The molecule has 3 heterocycles. The van der Waals surface area contributed by atoms with Crippen LogP contribution in [-0.2, 0) is 17.8 Å². The smallest absolute Gasteiger partial charge is 0.252 e. The first-order valence-corrected chi connectivity index (χ1v) is 11.7. The molecule has 9 nitrogen and oxygen atoms in total. The lowest BCUT2D eigenvalue weighted by molar-refractivity contribution is -0.118. The maximum Gasteiger partial charge on any atom is 0.252 e. The number of pyridine rings is 2. The van der Waals surface area contributed by atoms with Crippen molar-refractivity contribution in [3.63, 3.8) is 0 Å². The van der Waals surface area contributed by atoms with Crippen molar-refractivity contribution in [1.82, 2.24) is 14.5 Å². The Labute approximate surface area is 206 Å². The van der Waals surface area contributed by atoms with E-state index < -0.39 is 23.7 Å². The predicted molar refractivity (Wildman–Crippen MR) is 135 cm³/mol. The molecule has 0 spiro atoms. The molecule has 0 saturated heterocycles. The number of nitrogens with one attached hydrogen (secondary N) is 2. The van der Waals surface area contributed by atoms with Crippen molar-refractivity contribution in [2.75, 3.05) is 10.6 Å². The van der Waals surface area contributed by atoms with Gasteiger partial charge < -0.3 is 26.7 Å². The van der Waals surface area contributed by atoms with Gasteiger partial charge in [0.25, 0.3) is 5.91 Å². The minimum Gasteiger partial charge on any atom is -0.368 e. The van der Waals surface area contributed by atoms with Crippen LogP contribution in [0.3, 0.4) is 0 Å². The zero-order valence-corrected chi connectivity index (χ0v) is 19.4. The average Bonchev–Trinajstić information content (AvgIpc) is 3.58. The van der Waals surface area contributed by atoms with Crippen LogP contribution in [0.25, 0.3) is 11.0 Å². The van der Waals surface area contributed by atoms with E-state index in [1.54, 1.807) is 12.3 Å². The summed E-state index contributed by atoms with van der Waals surface area (Å²) >= 11 is 0. The van der Waals surface area contributed by atoms with E-state index in [2.05, 4.69) is 25.2 Å². The number of hydrogen-bond donors (Lipinski definition) is 4. The van der Waals surface area contributed by atoms with E-state index in [1.807, 2.05) is 42.6 Å². The topological polar surface area (TPSA) is 141 Å². The Morgan fingerprint density at radius 2 is 1.89 bits per heavy atom. The van der Waals surface area contributed by atoms with Crippen molar-refractivity contribution in [2.24, 2.45) is 17.4 Å². The predicted octanol–water partition coefficient (Wildman–Crippen LogP) is 3.33. The maximum atomic E-state index is 14.9. The number of carbonyl (C=O) groups excluding carboxylic acids is 2. The standard InChI is InChI=1S/C26H26FN7O2/c27-19-13-18(22(28)35)24(33-25(19)32-21(23(29)36)12-15-4-2-1-3-5-15)31-20-8-10-30-26-17(20)9-11-34(26)14-16-6-7-16/h1-5,8-11,13,16,21H,6-7,12,14H2,(H2,28,35)(H2,29,36)(H2,30,31,32,33)/t21-/m1/s1. The van der Waals surface area contributed by atoms with Gasteiger partial charge in [-0.25, -0.2) is 14.4 Å². The number of rotatable bonds is 10. The van der Waals surface area contributed by atoms with Crippen molar-refractivity contribution in [2.45, 2.75) is 31.8 Å². The van der Waals surface area contributed by atoms with Gasteiger partial charge in [-0.05, 0) is 42.5 Å². The minimum absolute atomic E-state index is 0.0526. The van der Waals surface area contributed by atoms with Gasteiger partial charge in [-0.1, -0.05) is 30.3 Å².